The van der Waals surface area contributed by atoms with E-state index in [9.17, 15) is 5.11 Å². The van der Waals surface area contributed by atoms with E-state index in [1.54, 1.807) is 6.26 Å². The Bertz CT molecular complexity index is 888. The highest BCUT2D eigenvalue weighted by Crippen LogP contribution is 2.28. The average molecular weight is 320 g/mol. The predicted molar refractivity (Wildman–Crippen MR) is 95.9 cm³/mol. The fourth-order valence-corrected chi connectivity index (χ4v) is 3.25. The molecular formula is C20H20N2O2. The minimum absolute atomic E-state index is 0.473. The Labute approximate surface area is 140 Å². The van der Waals surface area contributed by atoms with E-state index in [4.69, 9.17) is 4.42 Å². The van der Waals surface area contributed by atoms with Crippen molar-refractivity contribution in [3.63, 3.8) is 0 Å². The van der Waals surface area contributed by atoms with Crippen LogP contribution in [0.4, 0.5) is 0 Å². The standard InChI is InChI=1S/C20H20N2O2/c23-15(12-21-13-16-6-5-11-24-16)14-22-19-9-3-1-7-17(19)18-8-2-4-10-20(18)22/h1-11,15,21,23H,12-14H2/t15-/m1/s1. The quantitative estimate of drug-likeness (QED) is 0.571. The highest BCUT2D eigenvalue weighted by Gasteiger charge is 2.13. The monoisotopic (exact) mass is 320 g/mol. The van der Waals surface area contributed by atoms with Gasteiger partial charge in [0, 0.05) is 28.4 Å². The van der Waals surface area contributed by atoms with Crippen molar-refractivity contribution in [1.29, 1.82) is 0 Å². The number of benzene rings is 2. The highest BCUT2D eigenvalue weighted by molar-refractivity contribution is 6.07. The topological polar surface area (TPSA) is 50.3 Å². The van der Waals surface area contributed by atoms with E-state index in [1.807, 2.05) is 24.3 Å². The minimum Gasteiger partial charge on any atom is -0.468 e. The predicted octanol–water partition coefficient (Wildman–Crippen LogP) is 3.54. The van der Waals surface area contributed by atoms with Crippen molar-refractivity contribution in [3.05, 3.63) is 72.7 Å². The van der Waals surface area contributed by atoms with Gasteiger partial charge in [-0.3, -0.25) is 0 Å². The molecule has 0 aliphatic carbocycles. The summed E-state index contributed by atoms with van der Waals surface area (Å²) in [4.78, 5) is 0. The van der Waals surface area contributed by atoms with Crippen molar-refractivity contribution in [1.82, 2.24) is 9.88 Å². The summed E-state index contributed by atoms with van der Waals surface area (Å²) in [5, 5.41) is 16.1. The Kier molecular flexibility index (Phi) is 4.07. The number of fused-ring (bicyclic) bond motifs is 3. The molecule has 0 bridgehead atoms. The van der Waals surface area contributed by atoms with Crippen LogP contribution in [0.3, 0.4) is 0 Å². The fraction of sp³-hybridized carbons (Fsp3) is 0.200. The van der Waals surface area contributed by atoms with Gasteiger partial charge in [-0.25, -0.2) is 0 Å². The first-order valence-electron chi connectivity index (χ1n) is 8.20. The lowest BCUT2D eigenvalue weighted by Crippen LogP contribution is -2.29. The summed E-state index contributed by atoms with van der Waals surface area (Å²) < 4.78 is 7.49. The number of aliphatic hydroxyl groups excluding tert-OH is 1. The zero-order valence-electron chi connectivity index (χ0n) is 13.4. The Morgan fingerprint density at radius 2 is 1.58 bits per heavy atom. The second-order valence-corrected chi connectivity index (χ2v) is 6.01. The molecule has 0 saturated heterocycles. The first-order valence-corrected chi connectivity index (χ1v) is 8.20. The maximum atomic E-state index is 10.5. The number of rotatable bonds is 6. The van der Waals surface area contributed by atoms with Gasteiger partial charge < -0.3 is 19.4 Å². The molecule has 122 valence electrons. The Morgan fingerprint density at radius 1 is 0.917 bits per heavy atom. The smallest absolute Gasteiger partial charge is 0.117 e. The lowest BCUT2D eigenvalue weighted by Gasteiger charge is -2.14. The van der Waals surface area contributed by atoms with Gasteiger partial charge in [0.15, 0.2) is 0 Å². The van der Waals surface area contributed by atoms with Crippen molar-refractivity contribution in [2.45, 2.75) is 19.2 Å². The van der Waals surface area contributed by atoms with Crippen LogP contribution in [0, 0.1) is 0 Å². The Morgan fingerprint density at radius 3 is 2.21 bits per heavy atom. The van der Waals surface area contributed by atoms with Gasteiger partial charge in [0.25, 0.3) is 0 Å². The molecule has 0 aliphatic rings. The van der Waals surface area contributed by atoms with E-state index >= 15 is 0 Å². The third-order valence-electron chi connectivity index (χ3n) is 4.33. The number of aliphatic hydroxyl groups is 1. The van der Waals surface area contributed by atoms with Gasteiger partial charge in [-0.1, -0.05) is 36.4 Å². The van der Waals surface area contributed by atoms with E-state index in [-0.39, 0.29) is 0 Å². The van der Waals surface area contributed by atoms with Crippen LogP contribution >= 0.6 is 0 Å². The molecule has 4 aromatic rings. The molecule has 4 rings (SSSR count). The van der Waals surface area contributed by atoms with E-state index < -0.39 is 6.10 Å². The van der Waals surface area contributed by atoms with Crippen molar-refractivity contribution in [2.75, 3.05) is 6.54 Å². The molecule has 0 aliphatic heterocycles. The SMILES string of the molecule is O[C@H](CNCc1ccco1)Cn1c2ccccc2c2ccccc21. The van der Waals surface area contributed by atoms with Crippen molar-refractivity contribution in [2.24, 2.45) is 0 Å². The third kappa shape index (κ3) is 2.82. The minimum atomic E-state index is -0.473. The lowest BCUT2D eigenvalue weighted by molar-refractivity contribution is 0.153. The number of furan rings is 1. The molecule has 2 aromatic carbocycles. The zero-order valence-corrected chi connectivity index (χ0v) is 13.4. The molecule has 4 nitrogen and oxygen atoms in total. The van der Waals surface area contributed by atoms with Crippen LogP contribution in [0.2, 0.25) is 0 Å². The fourth-order valence-electron chi connectivity index (χ4n) is 3.25. The average Bonchev–Trinajstić information content (AvgIpc) is 3.23. The summed E-state index contributed by atoms with van der Waals surface area (Å²) in [6.45, 7) is 1.69. The van der Waals surface area contributed by atoms with E-state index in [1.165, 1.54) is 10.8 Å². The summed E-state index contributed by atoms with van der Waals surface area (Å²) in [6.07, 6.45) is 1.19. The van der Waals surface area contributed by atoms with Crippen LogP contribution in [0.15, 0.2) is 71.3 Å². The molecule has 0 radical (unpaired) electrons. The number of hydrogen-bond acceptors (Lipinski definition) is 3. The van der Waals surface area contributed by atoms with Gasteiger partial charge in [0.1, 0.15) is 5.76 Å². The molecule has 2 heterocycles. The Balaban J connectivity index is 1.54. The highest BCUT2D eigenvalue weighted by atomic mass is 16.3. The van der Waals surface area contributed by atoms with Crippen LogP contribution < -0.4 is 5.32 Å². The number of para-hydroxylation sites is 2. The van der Waals surface area contributed by atoms with Crippen molar-refractivity contribution in [3.8, 4) is 0 Å². The first kappa shape index (κ1) is 15.0. The summed E-state index contributed by atoms with van der Waals surface area (Å²) in [6, 6.07) is 20.5. The van der Waals surface area contributed by atoms with Crippen LogP contribution in [-0.2, 0) is 13.1 Å². The van der Waals surface area contributed by atoms with Crippen molar-refractivity contribution >= 4 is 21.8 Å². The molecule has 0 spiro atoms. The van der Waals surface area contributed by atoms with Crippen molar-refractivity contribution < 1.29 is 9.52 Å². The third-order valence-corrected chi connectivity index (χ3v) is 4.33. The van der Waals surface area contributed by atoms with E-state index in [0.717, 1.165) is 16.8 Å². The zero-order chi connectivity index (χ0) is 16.4. The maximum Gasteiger partial charge on any atom is 0.117 e. The van der Waals surface area contributed by atoms with Crippen LogP contribution in [0.5, 0.6) is 0 Å². The van der Waals surface area contributed by atoms with Gasteiger partial charge in [-0.15, -0.1) is 0 Å². The normalized spacial score (nSPS) is 12.9. The van der Waals surface area contributed by atoms with Crippen LogP contribution in [-0.4, -0.2) is 22.3 Å². The largest absolute Gasteiger partial charge is 0.468 e. The lowest BCUT2D eigenvalue weighted by atomic mass is 10.2. The van der Waals surface area contributed by atoms with Gasteiger partial charge in [-0.05, 0) is 24.3 Å². The second-order valence-electron chi connectivity index (χ2n) is 6.01. The number of aromatic nitrogens is 1. The molecule has 2 aromatic heterocycles. The van der Waals surface area contributed by atoms with Crippen LogP contribution in [0.1, 0.15) is 5.76 Å². The molecule has 0 fully saturated rings. The summed E-state index contributed by atoms with van der Waals surface area (Å²) >= 11 is 0. The van der Waals surface area contributed by atoms with Gasteiger partial charge >= 0.3 is 0 Å². The second kappa shape index (κ2) is 6.51. The first-order chi connectivity index (χ1) is 11.8. The molecular weight excluding hydrogens is 300 g/mol. The Hall–Kier alpha value is -2.56. The van der Waals surface area contributed by atoms with Gasteiger partial charge in [0.2, 0.25) is 0 Å². The number of hydrogen-bond donors (Lipinski definition) is 2. The molecule has 0 saturated carbocycles. The molecule has 0 amide bonds. The summed E-state index contributed by atoms with van der Waals surface area (Å²) in [7, 11) is 0. The molecule has 1 atom stereocenters. The van der Waals surface area contributed by atoms with Gasteiger partial charge in [0.05, 0.1) is 25.5 Å². The molecule has 24 heavy (non-hydrogen) atoms. The van der Waals surface area contributed by atoms with E-state index in [0.29, 0.717) is 19.6 Å². The summed E-state index contributed by atoms with van der Waals surface area (Å²) in [5.41, 5.74) is 2.31. The number of nitrogens with zero attached hydrogens (tertiary/aromatic N) is 1. The van der Waals surface area contributed by atoms with Crippen LogP contribution in [0.25, 0.3) is 21.8 Å². The summed E-state index contributed by atoms with van der Waals surface area (Å²) in [5.74, 6) is 0.874. The maximum absolute atomic E-state index is 10.5. The molecule has 4 heteroatoms. The van der Waals surface area contributed by atoms with Gasteiger partial charge in [-0.2, -0.15) is 0 Å². The van der Waals surface area contributed by atoms with E-state index in [2.05, 4.69) is 46.3 Å². The molecule has 0 unspecified atom stereocenters. The number of nitrogens with one attached hydrogen (secondary N) is 1. The molecule has 2 N–H and O–H groups in total.